The van der Waals surface area contributed by atoms with Crippen molar-refractivity contribution in [2.75, 3.05) is 26.2 Å². The van der Waals surface area contributed by atoms with Gasteiger partial charge in [0, 0.05) is 13.1 Å². The number of halogens is 3. The summed E-state index contributed by atoms with van der Waals surface area (Å²) in [6.45, 7) is 2.30. The lowest BCUT2D eigenvalue weighted by atomic mass is 9.96. The molecule has 1 saturated heterocycles. The van der Waals surface area contributed by atoms with Crippen LogP contribution < -0.4 is 5.73 Å². The molecular weight excluding hydrogens is 181 g/mol. The van der Waals surface area contributed by atoms with E-state index in [1.54, 1.807) is 0 Å². The predicted octanol–water partition coefficient (Wildman–Crippen LogP) is 1.22. The van der Waals surface area contributed by atoms with Gasteiger partial charge in [0.15, 0.2) is 0 Å². The molecule has 2 nitrogen and oxygen atoms in total. The number of likely N-dealkylation sites (tertiary alicyclic amines) is 1. The van der Waals surface area contributed by atoms with Gasteiger partial charge in [-0.15, -0.1) is 0 Å². The van der Waals surface area contributed by atoms with Gasteiger partial charge in [-0.05, 0) is 25.9 Å². The average Bonchev–Trinajstić information content (AvgIpc) is 2.04. The summed E-state index contributed by atoms with van der Waals surface area (Å²) in [7, 11) is 0. The molecule has 0 saturated carbocycles. The van der Waals surface area contributed by atoms with Crippen molar-refractivity contribution in [2.45, 2.75) is 19.0 Å². The van der Waals surface area contributed by atoms with Gasteiger partial charge in [0.1, 0.15) is 0 Å². The minimum atomic E-state index is -4.01. The summed E-state index contributed by atoms with van der Waals surface area (Å²) in [6.07, 6.45) is -3.55. The molecule has 0 aromatic carbocycles. The van der Waals surface area contributed by atoms with E-state index in [-0.39, 0.29) is 12.8 Å². The van der Waals surface area contributed by atoms with E-state index in [9.17, 15) is 13.2 Å². The van der Waals surface area contributed by atoms with Gasteiger partial charge in [-0.25, -0.2) is 0 Å². The van der Waals surface area contributed by atoms with Crippen LogP contribution in [0.3, 0.4) is 0 Å². The molecule has 78 valence electrons. The van der Waals surface area contributed by atoms with Gasteiger partial charge in [0.2, 0.25) is 0 Å². The topological polar surface area (TPSA) is 29.3 Å². The molecule has 0 bridgehead atoms. The summed E-state index contributed by atoms with van der Waals surface area (Å²) in [5.74, 6) is -1.10. The first-order chi connectivity index (χ1) is 6.04. The zero-order chi connectivity index (χ0) is 9.90. The van der Waals surface area contributed by atoms with Crippen LogP contribution in [-0.2, 0) is 0 Å². The molecule has 0 radical (unpaired) electrons. The minimum Gasteiger partial charge on any atom is -0.329 e. The average molecular weight is 196 g/mol. The Hall–Kier alpha value is -0.290. The standard InChI is InChI=1S/C8H15F3N2/c9-8(10,11)7-1-4-13(5-2-7)6-3-12/h7H,1-6,12H2. The molecule has 1 fully saturated rings. The largest absolute Gasteiger partial charge is 0.391 e. The van der Waals surface area contributed by atoms with Crippen molar-refractivity contribution in [3.8, 4) is 0 Å². The normalized spacial score (nSPS) is 22.2. The summed E-state index contributed by atoms with van der Waals surface area (Å²) < 4.78 is 36.6. The summed E-state index contributed by atoms with van der Waals surface area (Å²) in [4.78, 5) is 1.99. The number of hydrogen-bond donors (Lipinski definition) is 1. The van der Waals surface area contributed by atoms with Crippen LogP contribution in [0, 0.1) is 5.92 Å². The lowest BCUT2D eigenvalue weighted by Gasteiger charge is -2.32. The van der Waals surface area contributed by atoms with Crippen LogP contribution in [0.2, 0.25) is 0 Å². The Morgan fingerprint density at radius 3 is 2.15 bits per heavy atom. The van der Waals surface area contributed by atoms with Crippen LogP contribution in [0.5, 0.6) is 0 Å². The molecular formula is C8H15F3N2. The van der Waals surface area contributed by atoms with Crippen molar-refractivity contribution >= 4 is 0 Å². The fraction of sp³-hybridized carbons (Fsp3) is 1.00. The number of nitrogens with zero attached hydrogens (tertiary/aromatic N) is 1. The molecule has 1 aliphatic rings. The summed E-state index contributed by atoms with van der Waals surface area (Å²) in [5.41, 5.74) is 5.32. The van der Waals surface area contributed by atoms with E-state index in [1.165, 1.54) is 0 Å². The predicted molar refractivity (Wildman–Crippen MR) is 44.3 cm³/mol. The van der Waals surface area contributed by atoms with Gasteiger partial charge in [-0.1, -0.05) is 0 Å². The van der Waals surface area contributed by atoms with Crippen LogP contribution in [-0.4, -0.2) is 37.3 Å². The third kappa shape index (κ3) is 3.15. The van der Waals surface area contributed by atoms with Crippen molar-refractivity contribution in [1.82, 2.24) is 4.90 Å². The molecule has 0 aromatic heterocycles. The molecule has 0 unspecified atom stereocenters. The van der Waals surface area contributed by atoms with Crippen LogP contribution in [0.25, 0.3) is 0 Å². The molecule has 13 heavy (non-hydrogen) atoms. The van der Waals surface area contributed by atoms with Gasteiger partial charge in [-0.3, -0.25) is 0 Å². The Bertz CT molecular complexity index is 150. The first-order valence-corrected chi connectivity index (χ1v) is 4.53. The third-order valence-electron chi connectivity index (χ3n) is 2.50. The van der Waals surface area contributed by atoms with Crippen molar-refractivity contribution in [3.05, 3.63) is 0 Å². The molecule has 0 spiro atoms. The molecule has 2 N–H and O–H groups in total. The maximum absolute atomic E-state index is 12.2. The smallest absolute Gasteiger partial charge is 0.329 e. The second-order valence-corrected chi connectivity index (χ2v) is 3.45. The van der Waals surface area contributed by atoms with E-state index in [0.717, 1.165) is 0 Å². The van der Waals surface area contributed by atoms with Crippen LogP contribution >= 0.6 is 0 Å². The SMILES string of the molecule is NCCN1CCC(C(F)(F)F)CC1. The van der Waals surface area contributed by atoms with Gasteiger partial charge in [0.05, 0.1) is 5.92 Å². The molecule has 1 aliphatic heterocycles. The molecule has 1 rings (SSSR count). The zero-order valence-electron chi connectivity index (χ0n) is 7.48. The highest BCUT2D eigenvalue weighted by Crippen LogP contribution is 2.33. The quantitative estimate of drug-likeness (QED) is 0.719. The maximum atomic E-state index is 12.2. The molecule has 0 atom stereocenters. The summed E-state index contributed by atoms with van der Waals surface area (Å²) >= 11 is 0. The lowest BCUT2D eigenvalue weighted by molar-refractivity contribution is -0.184. The van der Waals surface area contributed by atoms with E-state index in [0.29, 0.717) is 26.2 Å². The lowest BCUT2D eigenvalue weighted by Crippen LogP contribution is -2.40. The molecule has 0 aromatic rings. The van der Waals surface area contributed by atoms with E-state index in [4.69, 9.17) is 5.73 Å². The highest BCUT2D eigenvalue weighted by molar-refractivity contribution is 4.76. The highest BCUT2D eigenvalue weighted by atomic mass is 19.4. The fourth-order valence-corrected chi connectivity index (χ4v) is 1.67. The van der Waals surface area contributed by atoms with Gasteiger partial charge < -0.3 is 10.6 Å². The van der Waals surface area contributed by atoms with E-state index in [2.05, 4.69) is 0 Å². The first-order valence-electron chi connectivity index (χ1n) is 4.53. The van der Waals surface area contributed by atoms with Crippen LogP contribution in [0.15, 0.2) is 0 Å². The van der Waals surface area contributed by atoms with Gasteiger partial charge >= 0.3 is 6.18 Å². The maximum Gasteiger partial charge on any atom is 0.391 e. The van der Waals surface area contributed by atoms with E-state index < -0.39 is 12.1 Å². The molecule has 5 heteroatoms. The van der Waals surface area contributed by atoms with Crippen molar-refractivity contribution in [2.24, 2.45) is 11.7 Å². The van der Waals surface area contributed by atoms with Crippen molar-refractivity contribution in [1.29, 1.82) is 0 Å². The number of alkyl halides is 3. The van der Waals surface area contributed by atoms with Gasteiger partial charge in [-0.2, -0.15) is 13.2 Å². The monoisotopic (exact) mass is 196 g/mol. The summed E-state index contributed by atoms with van der Waals surface area (Å²) in [6, 6.07) is 0. The second kappa shape index (κ2) is 4.28. The Kier molecular flexibility index (Phi) is 3.55. The number of nitrogens with two attached hydrogens (primary N) is 1. The number of hydrogen-bond acceptors (Lipinski definition) is 2. The second-order valence-electron chi connectivity index (χ2n) is 3.45. The Balaban J connectivity index is 2.30. The van der Waals surface area contributed by atoms with Crippen molar-refractivity contribution < 1.29 is 13.2 Å². The van der Waals surface area contributed by atoms with E-state index in [1.807, 2.05) is 4.90 Å². The fourth-order valence-electron chi connectivity index (χ4n) is 1.67. The third-order valence-corrected chi connectivity index (χ3v) is 2.50. The van der Waals surface area contributed by atoms with Crippen molar-refractivity contribution in [3.63, 3.8) is 0 Å². The molecule has 1 heterocycles. The number of rotatable bonds is 2. The van der Waals surface area contributed by atoms with Crippen LogP contribution in [0.4, 0.5) is 13.2 Å². The Morgan fingerprint density at radius 2 is 1.77 bits per heavy atom. The number of piperidine rings is 1. The van der Waals surface area contributed by atoms with E-state index >= 15 is 0 Å². The van der Waals surface area contributed by atoms with Gasteiger partial charge in [0.25, 0.3) is 0 Å². The van der Waals surface area contributed by atoms with Crippen LogP contribution in [0.1, 0.15) is 12.8 Å². The Morgan fingerprint density at radius 1 is 1.23 bits per heavy atom. The highest BCUT2D eigenvalue weighted by Gasteiger charge is 2.40. The first kappa shape index (κ1) is 10.8. The zero-order valence-corrected chi connectivity index (χ0v) is 7.48. The molecule has 0 amide bonds. The summed E-state index contributed by atoms with van der Waals surface area (Å²) in [5, 5.41) is 0. The molecule has 0 aliphatic carbocycles. The Labute approximate surface area is 75.9 Å². The minimum absolute atomic E-state index is 0.226.